The zero-order valence-corrected chi connectivity index (χ0v) is 11.0. The largest absolute Gasteiger partial charge is 0.353 e. The second kappa shape index (κ2) is 5.67. The van der Waals surface area contributed by atoms with Crippen LogP contribution in [0, 0.1) is 0 Å². The van der Waals surface area contributed by atoms with Crippen molar-refractivity contribution in [3.05, 3.63) is 22.8 Å². The van der Waals surface area contributed by atoms with Crippen molar-refractivity contribution >= 4 is 17.4 Å². The Hall–Kier alpha value is -0.840. The number of pyridine rings is 1. The smallest absolute Gasteiger partial charge is 0.147 e. The van der Waals surface area contributed by atoms with Gasteiger partial charge in [-0.25, -0.2) is 4.98 Å². The SMILES string of the molecule is CCN1CCN(c2nccc(CN)c2Cl)CC1. The molecule has 94 valence electrons. The van der Waals surface area contributed by atoms with Crippen LogP contribution in [0.15, 0.2) is 12.3 Å². The second-order valence-corrected chi connectivity index (χ2v) is 4.61. The minimum Gasteiger partial charge on any atom is -0.353 e. The first kappa shape index (κ1) is 12.6. The molecule has 0 saturated carbocycles. The molecule has 0 radical (unpaired) electrons. The summed E-state index contributed by atoms with van der Waals surface area (Å²) < 4.78 is 0. The quantitative estimate of drug-likeness (QED) is 0.884. The van der Waals surface area contributed by atoms with Crippen LogP contribution < -0.4 is 10.6 Å². The van der Waals surface area contributed by atoms with Gasteiger partial charge in [0, 0.05) is 38.9 Å². The van der Waals surface area contributed by atoms with Crippen molar-refractivity contribution in [2.75, 3.05) is 37.6 Å². The molecule has 0 atom stereocenters. The van der Waals surface area contributed by atoms with Gasteiger partial charge in [-0.1, -0.05) is 18.5 Å². The lowest BCUT2D eigenvalue weighted by atomic mass is 10.2. The van der Waals surface area contributed by atoms with Crippen LogP contribution in [-0.4, -0.2) is 42.6 Å². The van der Waals surface area contributed by atoms with Crippen LogP contribution in [0.5, 0.6) is 0 Å². The molecule has 0 spiro atoms. The molecule has 1 aliphatic heterocycles. The Morgan fingerprint density at radius 2 is 2.06 bits per heavy atom. The molecule has 0 unspecified atom stereocenters. The van der Waals surface area contributed by atoms with Crippen molar-refractivity contribution < 1.29 is 0 Å². The van der Waals surface area contributed by atoms with Crippen molar-refractivity contribution in [3.8, 4) is 0 Å². The molecule has 0 amide bonds. The minimum atomic E-state index is 0.462. The fourth-order valence-corrected chi connectivity index (χ4v) is 2.43. The molecule has 1 fully saturated rings. The third kappa shape index (κ3) is 2.70. The highest BCUT2D eigenvalue weighted by molar-refractivity contribution is 6.33. The maximum atomic E-state index is 6.31. The number of rotatable bonds is 3. The topological polar surface area (TPSA) is 45.4 Å². The van der Waals surface area contributed by atoms with E-state index in [4.69, 9.17) is 17.3 Å². The van der Waals surface area contributed by atoms with E-state index in [-0.39, 0.29) is 0 Å². The van der Waals surface area contributed by atoms with Crippen molar-refractivity contribution in [3.63, 3.8) is 0 Å². The van der Waals surface area contributed by atoms with Crippen LogP contribution >= 0.6 is 11.6 Å². The number of hydrogen-bond donors (Lipinski definition) is 1. The highest BCUT2D eigenvalue weighted by atomic mass is 35.5. The summed E-state index contributed by atoms with van der Waals surface area (Å²) in [6.07, 6.45) is 1.79. The van der Waals surface area contributed by atoms with Gasteiger partial charge in [0.2, 0.25) is 0 Å². The molecule has 5 heteroatoms. The van der Waals surface area contributed by atoms with E-state index in [0.29, 0.717) is 11.6 Å². The van der Waals surface area contributed by atoms with Crippen molar-refractivity contribution in [2.45, 2.75) is 13.5 Å². The van der Waals surface area contributed by atoms with Gasteiger partial charge in [-0.3, -0.25) is 0 Å². The van der Waals surface area contributed by atoms with E-state index in [1.54, 1.807) is 6.20 Å². The van der Waals surface area contributed by atoms with Gasteiger partial charge >= 0.3 is 0 Å². The molecule has 17 heavy (non-hydrogen) atoms. The molecule has 1 aromatic rings. The van der Waals surface area contributed by atoms with Crippen LogP contribution in [0.3, 0.4) is 0 Å². The summed E-state index contributed by atoms with van der Waals surface area (Å²) >= 11 is 6.31. The molecule has 2 N–H and O–H groups in total. The third-order valence-corrected chi connectivity index (χ3v) is 3.70. The molecule has 2 rings (SSSR count). The summed E-state index contributed by atoms with van der Waals surface area (Å²) in [5.41, 5.74) is 6.62. The maximum Gasteiger partial charge on any atom is 0.147 e. The molecule has 2 heterocycles. The molecular weight excluding hydrogens is 236 g/mol. The van der Waals surface area contributed by atoms with Crippen molar-refractivity contribution in [1.82, 2.24) is 9.88 Å². The molecule has 0 aliphatic carbocycles. The lowest BCUT2D eigenvalue weighted by Gasteiger charge is -2.35. The number of nitrogens with zero attached hydrogens (tertiary/aromatic N) is 3. The number of likely N-dealkylation sites (N-methyl/N-ethyl adjacent to an activating group) is 1. The van der Waals surface area contributed by atoms with Gasteiger partial charge in [0.05, 0.1) is 5.02 Å². The van der Waals surface area contributed by atoms with E-state index in [0.717, 1.165) is 44.1 Å². The fraction of sp³-hybridized carbons (Fsp3) is 0.583. The Balaban J connectivity index is 2.13. The molecule has 4 nitrogen and oxygen atoms in total. The predicted octanol–water partition coefficient (Wildman–Crippen LogP) is 1.34. The van der Waals surface area contributed by atoms with Crippen LogP contribution in [0.25, 0.3) is 0 Å². The second-order valence-electron chi connectivity index (χ2n) is 4.23. The van der Waals surface area contributed by atoms with Crippen LogP contribution in [0.1, 0.15) is 12.5 Å². The zero-order chi connectivity index (χ0) is 12.3. The third-order valence-electron chi connectivity index (χ3n) is 3.29. The highest BCUT2D eigenvalue weighted by Gasteiger charge is 2.19. The van der Waals surface area contributed by atoms with Gasteiger partial charge in [-0.2, -0.15) is 0 Å². The van der Waals surface area contributed by atoms with E-state index >= 15 is 0 Å². The van der Waals surface area contributed by atoms with Crippen molar-refractivity contribution in [2.24, 2.45) is 5.73 Å². The minimum absolute atomic E-state index is 0.462. The summed E-state index contributed by atoms with van der Waals surface area (Å²) in [4.78, 5) is 9.05. The Morgan fingerprint density at radius 1 is 1.35 bits per heavy atom. The first-order chi connectivity index (χ1) is 8.26. The Labute approximate surface area is 107 Å². The summed E-state index contributed by atoms with van der Waals surface area (Å²) in [5.74, 6) is 0.880. The van der Waals surface area contributed by atoms with E-state index in [9.17, 15) is 0 Å². The summed E-state index contributed by atoms with van der Waals surface area (Å²) in [6, 6.07) is 1.88. The van der Waals surface area contributed by atoms with Crippen LogP contribution in [0.2, 0.25) is 5.02 Å². The van der Waals surface area contributed by atoms with Gasteiger partial charge < -0.3 is 15.5 Å². The van der Waals surface area contributed by atoms with Crippen molar-refractivity contribution in [1.29, 1.82) is 0 Å². The Kier molecular flexibility index (Phi) is 4.20. The molecule has 1 saturated heterocycles. The monoisotopic (exact) mass is 254 g/mol. The number of piperazine rings is 1. The number of nitrogens with two attached hydrogens (primary N) is 1. The van der Waals surface area contributed by atoms with Crippen LogP contribution in [0.4, 0.5) is 5.82 Å². The molecule has 1 aliphatic rings. The zero-order valence-electron chi connectivity index (χ0n) is 10.2. The molecule has 1 aromatic heterocycles. The number of anilines is 1. The normalized spacial score (nSPS) is 17.5. The number of hydrogen-bond acceptors (Lipinski definition) is 4. The van der Waals surface area contributed by atoms with Gasteiger partial charge in [0.15, 0.2) is 0 Å². The van der Waals surface area contributed by atoms with E-state index in [1.807, 2.05) is 6.07 Å². The summed E-state index contributed by atoms with van der Waals surface area (Å²) in [7, 11) is 0. The highest BCUT2D eigenvalue weighted by Crippen LogP contribution is 2.27. The standard InChI is InChI=1S/C12H19ClN4/c1-2-16-5-7-17(8-6-16)12-11(13)10(9-14)3-4-15-12/h3-4H,2,5-9,14H2,1H3. The van der Waals surface area contributed by atoms with E-state index in [1.165, 1.54) is 0 Å². The fourth-order valence-electron chi connectivity index (χ4n) is 2.13. The summed E-state index contributed by atoms with van der Waals surface area (Å²) in [5, 5.41) is 0.708. The average molecular weight is 255 g/mol. The number of aromatic nitrogens is 1. The van der Waals surface area contributed by atoms with E-state index < -0.39 is 0 Å². The Morgan fingerprint density at radius 3 is 2.65 bits per heavy atom. The van der Waals surface area contributed by atoms with Crippen LogP contribution in [-0.2, 0) is 6.54 Å². The number of halogens is 1. The average Bonchev–Trinajstić information content (AvgIpc) is 2.39. The lowest BCUT2D eigenvalue weighted by molar-refractivity contribution is 0.270. The maximum absolute atomic E-state index is 6.31. The Bertz CT molecular complexity index is 375. The van der Waals surface area contributed by atoms with E-state index in [2.05, 4.69) is 21.7 Å². The van der Waals surface area contributed by atoms with Gasteiger partial charge in [0.25, 0.3) is 0 Å². The van der Waals surface area contributed by atoms with Gasteiger partial charge in [-0.15, -0.1) is 0 Å². The molecular formula is C12H19ClN4. The lowest BCUT2D eigenvalue weighted by Crippen LogP contribution is -2.46. The summed E-state index contributed by atoms with van der Waals surface area (Å²) in [6.45, 7) is 7.86. The first-order valence-electron chi connectivity index (χ1n) is 6.07. The molecule has 0 aromatic carbocycles. The predicted molar refractivity (Wildman–Crippen MR) is 71.5 cm³/mol. The van der Waals surface area contributed by atoms with Gasteiger partial charge in [0.1, 0.15) is 5.82 Å². The van der Waals surface area contributed by atoms with Gasteiger partial charge in [-0.05, 0) is 18.2 Å². The first-order valence-corrected chi connectivity index (χ1v) is 6.44. The molecule has 0 bridgehead atoms.